The number of hydrogen-bond donors (Lipinski definition) is 1. The van der Waals surface area contributed by atoms with Crippen molar-refractivity contribution >= 4 is 11.9 Å². The van der Waals surface area contributed by atoms with Gasteiger partial charge in [0, 0.05) is 32.7 Å². The maximum Gasteiger partial charge on any atom is 0.308 e. The van der Waals surface area contributed by atoms with Crippen LogP contribution in [0.1, 0.15) is 44.2 Å². The first kappa shape index (κ1) is 20.4. The van der Waals surface area contributed by atoms with Crippen LogP contribution in [0, 0.1) is 11.8 Å². The minimum Gasteiger partial charge on any atom is -0.481 e. The minimum absolute atomic E-state index is 0.0685. The Morgan fingerprint density at radius 1 is 1.31 bits per heavy atom. The van der Waals surface area contributed by atoms with Gasteiger partial charge in [0.15, 0.2) is 0 Å². The van der Waals surface area contributed by atoms with E-state index in [2.05, 4.69) is 24.3 Å². The molecular formula is C21H31NO4. The molecule has 5 heteroatoms. The first-order chi connectivity index (χ1) is 12.5. The number of fused-ring (bicyclic) bond motifs is 1. The van der Waals surface area contributed by atoms with Crippen LogP contribution in [0.15, 0.2) is 24.3 Å². The predicted molar refractivity (Wildman–Crippen MR) is 101 cm³/mol. The van der Waals surface area contributed by atoms with Crippen molar-refractivity contribution in [1.82, 2.24) is 4.90 Å². The van der Waals surface area contributed by atoms with E-state index in [9.17, 15) is 14.7 Å². The number of carboxylic acids is 1. The number of rotatable bonds is 10. The second-order valence-electron chi connectivity index (χ2n) is 7.21. The van der Waals surface area contributed by atoms with E-state index in [0.29, 0.717) is 32.1 Å². The second-order valence-corrected chi connectivity index (χ2v) is 7.21. The third kappa shape index (κ3) is 6.13. The van der Waals surface area contributed by atoms with Crippen molar-refractivity contribution in [2.24, 2.45) is 11.8 Å². The van der Waals surface area contributed by atoms with E-state index in [4.69, 9.17) is 4.74 Å². The molecule has 0 aromatic heterocycles. The monoisotopic (exact) mass is 361 g/mol. The maximum absolute atomic E-state index is 12.8. The van der Waals surface area contributed by atoms with Crippen LogP contribution < -0.4 is 0 Å². The Bertz CT molecular complexity index is 601. The molecule has 0 saturated carbocycles. The molecule has 1 N–H and O–H groups in total. The number of aryl methyl sites for hydroxylation is 1. The molecule has 0 spiro atoms. The van der Waals surface area contributed by atoms with Crippen molar-refractivity contribution in [2.75, 3.05) is 26.3 Å². The SMILES string of the molecule is CCOCCCN(CC(C)C(=O)O)C(=O)CC1CCc2ccccc2C1. The van der Waals surface area contributed by atoms with Crippen LogP contribution in [0.3, 0.4) is 0 Å². The van der Waals surface area contributed by atoms with Crippen LogP contribution in [-0.4, -0.2) is 48.2 Å². The highest BCUT2D eigenvalue weighted by atomic mass is 16.5. The summed E-state index contributed by atoms with van der Waals surface area (Å²) in [6.07, 6.45) is 4.20. The topological polar surface area (TPSA) is 66.8 Å². The van der Waals surface area contributed by atoms with Crippen LogP contribution in [0.2, 0.25) is 0 Å². The number of carboxylic acid groups (broad SMARTS) is 1. The third-order valence-electron chi connectivity index (χ3n) is 5.10. The summed E-state index contributed by atoms with van der Waals surface area (Å²) in [6.45, 7) is 5.67. The molecule has 0 radical (unpaired) electrons. The van der Waals surface area contributed by atoms with E-state index in [-0.39, 0.29) is 12.5 Å². The molecule has 2 rings (SSSR count). The van der Waals surface area contributed by atoms with Gasteiger partial charge in [0.25, 0.3) is 0 Å². The highest BCUT2D eigenvalue weighted by molar-refractivity contribution is 5.77. The molecule has 1 amide bonds. The van der Waals surface area contributed by atoms with Crippen molar-refractivity contribution in [1.29, 1.82) is 0 Å². The fourth-order valence-electron chi connectivity index (χ4n) is 3.55. The molecule has 0 aliphatic heterocycles. The molecule has 1 aliphatic rings. The lowest BCUT2D eigenvalue weighted by atomic mass is 9.82. The lowest BCUT2D eigenvalue weighted by molar-refractivity contribution is -0.143. The molecule has 1 aliphatic carbocycles. The van der Waals surface area contributed by atoms with Gasteiger partial charge in [0.1, 0.15) is 0 Å². The van der Waals surface area contributed by atoms with Gasteiger partial charge in [-0.1, -0.05) is 31.2 Å². The van der Waals surface area contributed by atoms with Crippen LogP contribution in [0.25, 0.3) is 0 Å². The Hall–Kier alpha value is -1.88. The van der Waals surface area contributed by atoms with Gasteiger partial charge in [0.2, 0.25) is 5.91 Å². The van der Waals surface area contributed by atoms with Crippen molar-refractivity contribution in [3.8, 4) is 0 Å². The Kier molecular flexibility index (Phi) is 8.10. The predicted octanol–water partition coefficient (Wildman–Crippen LogP) is 3.16. The summed E-state index contributed by atoms with van der Waals surface area (Å²) in [6, 6.07) is 8.44. The Balaban J connectivity index is 1.93. The summed E-state index contributed by atoms with van der Waals surface area (Å²) < 4.78 is 5.35. The van der Waals surface area contributed by atoms with E-state index < -0.39 is 11.9 Å². The lowest BCUT2D eigenvalue weighted by Crippen LogP contribution is -2.39. The van der Waals surface area contributed by atoms with Gasteiger partial charge in [0.05, 0.1) is 5.92 Å². The van der Waals surface area contributed by atoms with Crippen LogP contribution in [0.5, 0.6) is 0 Å². The molecule has 0 saturated heterocycles. The summed E-state index contributed by atoms with van der Waals surface area (Å²) in [5.74, 6) is -1.01. The van der Waals surface area contributed by atoms with Crippen molar-refractivity contribution < 1.29 is 19.4 Å². The third-order valence-corrected chi connectivity index (χ3v) is 5.10. The Morgan fingerprint density at radius 2 is 2.04 bits per heavy atom. The molecule has 144 valence electrons. The van der Waals surface area contributed by atoms with E-state index >= 15 is 0 Å². The highest BCUT2D eigenvalue weighted by Gasteiger charge is 2.25. The zero-order valence-corrected chi connectivity index (χ0v) is 15.9. The van der Waals surface area contributed by atoms with Crippen molar-refractivity contribution in [3.05, 3.63) is 35.4 Å². The van der Waals surface area contributed by atoms with Gasteiger partial charge in [-0.15, -0.1) is 0 Å². The number of ether oxygens (including phenoxy) is 1. The van der Waals surface area contributed by atoms with E-state index in [1.165, 1.54) is 11.1 Å². The largest absolute Gasteiger partial charge is 0.481 e. The van der Waals surface area contributed by atoms with Gasteiger partial charge in [-0.25, -0.2) is 0 Å². The summed E-state index contributed by atoms with van der Waals surface area (Å²) in [7, 11) is 0. The Labute approximate surface area is 156 Å². The zero-order valence-electron chi connectivity index (χ0n) is 15.9. The van der Waals surface area contributed by atoms with Gasteiger partial charge in [-0.05, 0) is 49.7 Å². The number of amides is 1. The summed E-state index contributed by atoms with van der Waals surface area (Å²) >= 11 is 0. The maximum atomic E-state index is 12.8. The average molecular weight is 361 g/mol. The first-order valence-electron chi connectivity index (χ1n) is 9.66. The second kappa shape index (κ2) is 10.3. The molecular weight excluding hydrogens is 330 g/mol. The standard InChI is InChI=1S/C21H31NO4/c1-3-26-12-6-11-22(15-16(2)21(24)25)20(23)14-17-9-10-18-7-4-5-8-19(18)13-17/h4-5,7-8,16-17H,3,6,9-15H2,1-2H3,(H,24,25). The summed E-state index contributed by atoms with van der Waals surface area (Å²) in [4.78, 5) is 25.8. The molecule has 2 unspecified atom stereocenters. The number of hydrogen-bond acceptors (Lipinski definition) is 3. The lowest BCUT2D eigenvalue weighted by Gasteiger charge is -2.29. The van der Waals surface area contributed by atoms with Gasteiger partial charge in [-0.2, -0.15) is 0 Å². The number of nitrogens with zero attached hydrogens (tertiary/aromatic N) is 1. The molecule has 26 heavy (non-hydrogen) atoms. The molecule has 1 aromatic rings. The minimum atomic E-state index is -0.862. The number of aliphatic carboxylic acids is 1. The van der Waals surface area contributed by atoms with Gasteiger partial charge < -0.3 is 14.7 Å². The zero-order chi connectivity index (χ0) is 18.9. The van der Waals surface area contributed by atoms with E-state index in [1.807, 2.05) is 6.92 Å². The summed E-state index contributed by atoms with van der Waals surface area (Å²) in [5, 5.41) is 9.19. The van der Waals surface area contributed by atoms with Crippen LogP contribution in [0.4, 0.5) is 0 Å². The molecule has 0 heterocycles. The van der Waals surface area contributed by atoms with Crippen LogP contribution in [-0.2, 0) is 27.2 Å². The fraction of sp³-hybridized carbons (Fsp3) is 0.619. The molecule has 0 bridgehead atoms. The highest BCUT2D eigenvalue weighted by Crippen LogP contribution is 2.28. The Morgan fingerprint density at radius 3 is 2.73 bits per heavy atom. The normalized spacial score (nSPS) is 17.4. The smallest absolute Gasteiger partial charge is 0.308 e. The average Bonchev–Trinajstić information content (AvgIpc) is 2.63. The number of carbonyl (C=O) groups excluding carboxylic acids is 1. The fourth-order valence-corrected chi connectivity index (χ4v) is 3.55. The molecule has 2 atom stereocenters. The summed E-state index contributed by atoms with van der Waals surface area (Å²) in [5.41, 5.74) is 2.74. The van der Waals surface area contributed by atoms with Crippen molar-refractivity contribution in [2.45, 2.75) is 46.0 Å². The van der Waals surface area contributed by atoms with Gasteiger partial charge in [-0.3, -0.25) is 9.59 Å². The molecule has 0 fully saturated rings. The van der Waals surface area contributed by atoms with E-state index in [0.717, 1.165) is 25.7 Å². The number of benzene rings is 1. The quantitative estimate of drug-likeness (QED) is 0.650. The van der Waals surface area contributed by atoms with Crippen LogP contribution >= 0.6 is 0 Å². The van der Waals surface area contributed by atoms with Gasteiger partial charge >= 0.3 is 5.97 Å². The molecule has 5 nitrogen and oxygen atoms in total. The number of carbonyl (C=O) groups is 2. The molecule has 1 aromatic carbocycles. The first-order valence-corrected chi connectivity index (χ1v) is 9.66. The van der Waals surface area contributed by atoms with Crippen molar-refractivity contribution in [3.63, 3.8) is 0 Å². The van der Waals surface area contributed by atoms with E-state index in [1.54, 1.807) is 11.8 Å².